The first-order valence-electron chi connectivity index (χ1n) is 12.6. The highest BCUT2D eigenvalue weighted by Gasteiger charge is 2.47. The largest absolute Gasteiger partial charge is 0.457 e. The van der Waals surface area contributed by atoms with Gasteiger partial charge < -0.3 is 25.4 Å². The van der Waals surface area contributed by atoms with Gasteiger partial charge in [-0.1, -0.05) is 39.3 Å². The number of aliphatic hydroxyl groups is 3. The highest BCUT2D eigenvalue weighted by molar-refractivity contribution is 7.09. The minimum atomic E-state index is -1.25. The number of nitrogens with zero attached hydrogens (tertiary/aromatic N) is 1. The van der Waals surface area contributed by atoms with E-state index in [1.54, 1.807) is 20.8 Å². The van der Waals surface area contributed by atoms with Gasteiger partial charge in [0.1, 0.15) is 16.9 Å². The molecule has 0 bridgehead atoms. The molecular weight excluding hydrogens is 480 g/mol. The summed E-state index contributed by atoms with van der Waals surface area (Å²) in [5.74, 6) is -1.70. The Balaban J connectivity index is 1.88. The fourth-order valence-corrected chi connectivity index (χ4v) is 5.56. The van der Waals surface area contributed by atoms with Gasteiger partial charge in [0.15, 0.2) is 0 Å². The van der Waals surface area contributed by atoms with Gasteiger partial charge in [0.25, 0.3) is 0 Å². The average Bonchev–Trinajstić information content (AvgIpc) is 3.44. The fourth-order valence-electron chi connectivity index (χ4n) is 4.95. The number of Topliss-reactive ketones (excluding diaryl/α,β-unsaturated/α-hetero) is 1. The SMILES string of the molecule is CC1=CC[C@@H](C(C)=Cc2csc(CO)n2)OC(=O)C[C@H](O)C(C)(C)C(=O)[C@H](C)[C@@H](O)[C@@H](C)C2NC2C1. The van der Waals surface area contributed by atoms with Crippen LogP contribution in [-0.4, -0.2) is 62.5 Å². The summed E-state index contributed by atoms with van der Waals surface area (Å²) >= 11 is 1.36. The van der Waals surface area contributed by atoms with E-state index in [-0.39, 0.29) is 36.8 Å². The molecular formula is C27H40N2O6S. The van der Waals surface area contributed by atoms with E-state index in [9.17, 15) is 24.9 Å². The molecule has 2 aliphatic heterocycles. The maximum atomic E-state index is 13.3. The molecule has 1 fully saturated rings. The summed E-state index contributed by atoms with van der Waals surface area (Å²) < 4.78 is 5.81. The van der Waals surface area contributed by atoms with E-state index in [4.69, 9.17) is 4.74 Å². The minimum Gasteiger partial charge on any atom is -0.457 e. The Labute approximate surface area is 217 Å². The van der Waals surface area contributed by atoms with Crippen LogP contribution in [0.2, 0.25) is 0 Å². The second-order valence-electron chi connectivity index (χ2n) is 10.9. The molecule has 7 atom stereocenters. The molecule has 0 aliphatic carbocycles. The van der Waals surface area contributed by atoms with Gasteiger partial charge >= 0.3 is 5.97 Å². The molecule has 4 N–H and O–H groups in total. The summed E-state index contributed by atoms with van der Waals surface area (Å²) in [4.78, 5) is 30.5. The summed E-state index contributed by atoms with van der Waals surface area (Å²) in [6, 6.07) is 0.324. The summed E-state index contributed by atoms with van der Waals surface area (Å²) in [6.07, 6.45) is 2.15. The van der Waals surface area contributed by atoms with E-state index in [0.717, 1.165) is 17.6 Å². The maximum Gasteiger partial charge on any atom is 0.309 e. The number of esters is 1. The first-order chi connectivity index (χ1) is 16.8. The van der Waals surface area contributed by atoms with Crippen molar-refractivity contribution in [3.63, 3.8) is 0 Å². The molecule has 0 aromatic carbocycles. The molecule has 1 aromatic rings. The van der Waals surface area contributed by atoms with Crippen LogP contribution < -0.4 is 5.32 Å². The zero-order chi connectivity index (χ0) is 26.8. The Kier molecular flexibility index (Phi) is 9.27. The van der Waals surface area contributed by atoms with E-state index >= 15 is 0 Å². The van der Waals surface area contributed by atoms with Crippen LogP contribution in [0.5, 0.6) is 0 Å². The van der Waals surface area contributed by atoms with Gasteiger partial charge in [-0.05, 0) is 37.8 Å². The van der Waals surface area contributed by atoms with Crippen molar-refractivity contribution < 1.29 is 29.6 Å². The van der Waals surface area contributed by atoms with Crippen LogP contribution >= 0.6 is 11.3 Å². The van der Waals surface area contributed by atoms with Crippen molar-refractivity contribution in [2.45, 2.75) is 97.8 Å². The van der Waals surface area contributed by atoms with Crippen LogP contribution in [0.15, 0.2) is 22.6 Å². The minimum absolute atomic E-state index is 0.111. The monoisotopic (exact) mass is 520 g/mol. The third-order valence-corrected chi connectivity index (χ3v) is 8.53. The number of carbonyl (C=O) groups excluding carboxylic acids is 2. The van der Waals surface area contributed by atoms with Gasteiger partial charge in [0.05, 0.1) is 36.3 Å². The molecule has 1 saturated heterocycles. The molecule has 1 aromatic heterocycles. The molecule has 0 spiro atoms. The number of rotatable bonds is 3. The molecule has 3 heterocycles. The smallest absolute Gasteiger partial charge is 0.309 e. The lowest BCUT2D eigenvalue weighted by Crippen LogP contribution is -2.46. The standard InChI is InChI=1S/C27H40N2O6S/c1-14-7-8-20(15(2)10-18-13-36-22(12-30)28-18)35-23(32)11-21(31)27(5,6)26(34)17(4)25(33)16(3)24-19(9-14)29-24/h7,10,13,16-17,19-21,24-25,29-31,33H,8-9,11-12H2,1-6H3/t16-,17+,19?,20-,21-,24?,25-/m0/s1. The van der Waals surface area contributed by atoms with E-state index in [1.165, 1.54) is 11.3 Å². The molecule has 2 unspecified atom stereocenters. The predicted molar refractivity (Wildman–Crippen MR) is 139 cm³/mol. The Morgan fingerprint density at radius 1 is 1.28 bits per heavy atom. The number of cyclic esters (lactones) is 1. The molecule has 0 radical (unpaired) electrons. The Bertz CT molecular complexity index is 1020. The maximum absolute atomic E-state index is 13.3. The van der Waals surface area contributed by atoms with Crippen molar-refractivity contribution in [3.8, 4) is 0 Å². The highest BCUT2D eigenvalue weighted by atomic mass is 32.1. The van der Waals surface area contributed by atoms with Crippen molar-refractivity contribution in [3.05, 3.63) is 33.3 Å². The topological polar surface area (TPSA) is 139 Å². The van der Waals surface area contributed by atoms with Gasteiger partial charge in [-0.3, -0.25) is 9.59 Å². The normalized spacial score (nSPS) is 34.5. The zero-order valence-electron chi connectivity index (χ0n) is 22.0. The zero-order valence-corrected chi connectivity index (χ0v) is 22.8. The molecule has 8 nitrogen and oxygen atoms in total. The van der Waals surface area contributed by atoms with Gasteiger partial charge in [-0.15, -0.1) is 11.3 Å². The van der Waals surface area contributed by atoms with Crippen LogP contribution in [0, 0.1) is 17.3 Å². The second kappa shape index (κ2) is 11.6. The van der Waals surface area contributed by atoms with Gasteiger partial charge in [0.2, 0.25) is 0 Å². The molecule has 2 aliphatic rings. The molecule has 0 amide bonds. The van der Waals surface area contributed by atoms with Crippen molar-refractivity contribution in [2.24, 2.45) is 17.3 Å². The number of carbonyl (C=O) groups is 2. The van der Waals surface area contributed by atoms with Crippen molar-refractivity contribution in [1.82, 2.24) is 10.3 Å². The number of fused-ring (bicyclic) bond motifs is 1. The van der Waals surface area contributed by atoms with Crippen molar-refractivity contribution >= 4 is 29.2 Å². The lowest BCUT2D eigenvalue weighted by atomic mass is 9.73. The summed E-state index contributed by atoms with van der Waals surface area (Å²) in [5, 5.41) is 37.0. The number of ether oxygens (including phenoxy) is 1. The third-order valence-electron chi connectivity index (χ3n) is 7.67. The Morgan fingerprint density at radius 2 is 1.97 bits per heavy atom. The molecule has 9 heteroatoms. The Morgan fingerprint density at radius 3 is 2.61 bits per heavy atom. The van der Waals surface area contributed by atoms with Gasteiger partial charge in [0, 0.05) is 29.8 Å². The molecule has 200 valence electrons. The summed E-state index contributed by atoms with van der Waals surface area (Å²) in [7, 11) is 0. The highest BCUT2D eigenvalue weighted by Crippen LogP contribution is 2.35. The molecule has 0 saturated carbocycles. The first-order valence-corrected chi connectivity index (χ1v) is 13.5. The number of hydrogen-bond donors (Lipinski definition) is 4. The van der Waals surface area contributed by atoms with Crippen LogP contribution in [0.4, 0.5) is 0 Å². The van der Waals surface area contributed by atoms with Crippen LogP contribution in [0.1, 0.15) is 71.5 Å². The summed E-state index contributed by atoms with van der Waals surface area (Å²) in [6.45, 7) is 10.6. The third kappa shape index (κ3) is 6.69. The van der Waals surface area contributed by atoms with Crippen molar-refractivity contribution in [1.29, 1.82) is 0 Å². The lowest BCUT2D eigenvalue weighted by Gasteiger charge is -2.34. The average molecular weight is 521 g/mol. The van der Waals surface area contributed by atoms with E-state index in [0.29, 0.717) is 17.1 Å². The number of aliphatic hydroxyl groups excluding tert-OH is 3. The van der Waals surface area contributed by atoms with Crippen molar-refractivity contribution in [2.75, 3.05) is 0 Å². The van der Waals surface area contributed by atoms with Gasteiger partial charge in [-0.2, -0.15) is 0 Å². The number of hydrogen-bond acceptors (Lipinski definition) is 9. The molecule has 3 rings (SSSR count). The number of thiazole rings is 1. The lowest BCUT2D eigenvalue weighted by molar-refractivity contribution is -0.154. The van der Waals surface area contributed by atoms with E-state index < -0.39 is 35.6 Å². The van der Waals surface area contributed by atoms with Crippen LogP contribution in [0.25, 0.3) is 6.08 Å². The summed E-state index contributed by atoms with van der Waals surface area (Å²) in [5.41, 5.74) is 1.38. The van der Waals surface area contributed by atoms with E-state index in [1.807, 2.05) is 32.2 Å². The van der Waals surface area contributed by atoms with Gasteiger partial charge in [-0.25, -0.2) is 4.98 Å². The predicted octanol–water partition coefficient (Wildman–Crippen LogP) is 3.01. The number of ketones is 1. The van der Waals surface area contributed by atoms with E-state index in [2.05, 4.69) is 16.4 Å². The quantitative estimate of drug-likeness (QED) is 0.271. The Hall–Kier alpha value is -1.91. The second-order valence-corrected chi connectivity index (χ2v) is 11.9. The molecule has 36 heavy (non-hydrogen) atoms. The first kappa shape index (κ1) is 28.7. The van der Waals surface area contributed by atoms with Crippen LogP contribution in [0.3, 0.4) is 0 Å². The number of nitrogens with one attached hydrogen (secondary N) is 1. The van der Waals surface area contributed by atoms with Crippen LogP contribution in [-0.2, 0) is 20.9 Å². The fraction of sp³-hybridized carbons (Fsp3) is 0.667. The number of aromatic nitrogens is 1.